The zero-order chi connectivity index (χ0) is 14.6. The van der Waals surface area contributed by atoms with Gasteiger partial charge in [0, 0.05) is 45.7 Å². The summed E-state index contributed by atoms with van der Waals surface area (Å²) in [7, 11) is -3.11. The molecule has 6 nitrogen and oxygen atoms in total. The standard InChI is InChI=1S/C13H25N3O3S/c1-2-14-8-10-15(11-9-14)13(17)5-7-16-6-3-4-12-20(16,18)19/h2-12H2,1H3. The van der Waals surface area contributed by atoms with Crippen LogP contribution in [0.4, 0.5) is 0 Å². The van der Waals surface area contributed by atoms with Gasteiger partial charge in [-0.25, -0.2) is 12.7 Å². The first-order valence-electron chi connectivity index (χ1n) is 7.51. The number of amides is 1. The van der Waals surface area contributed by atoms with Crippen LogP contribution in [0.5, 0.6) is 0 Å². The number of nitrogens with zero attached hydrogens (tertiary/aromatic N) is 3. The molecule has 1 amide bonds. The van der Waals surface area contributed by atoms with E-state index in [4.69, 9.17) is 0 Å². The van der Waals surface area contributed by atoms with Gasteiger partial charge < -0.3 is 9.80 Å². The van der Waals surface area contributed by atoms with E-state index in [-0.39, 0.29) is 11.7 Å². The van der Waals surface area contributed by atoms with E-state index in [2.05, 4.69) is 11.8 Å². The van der Waals surface area contributed by atoms with E-state index >= 15 is 0 Å². The van der Waals surface area contributed by atoms with E-state index in [0.717, 1.165) is 45.6 Å². The molecule has 116 valence electrons. The summed E-state index contributed by atoms with van der Waals surface area (Å²) >= 11 is 0. The summed E-state index contributed by atoms with van der Waals surface area (Å²) in [5, 5.41) is 0. The molecule has 2 rings (SSSR count). The number of carbonyl (C=O) groups is 1. The Kier molecular flexibility index (Phi) is 5.40. The van der Waals surface area contributed by atoms with Crippen LogP contribution in [0.3, 0.4) is 0 Å². The second-order valence-electron chi connectivity index (χ2n) is 5.49. The van der Waals surface area contributed by atoms with Gasteiger partial charge in [0.15, 0.2) is 0 Å². The molecule has 0 aromatic rings. The smallest absolute Gasteiger partial charge is 0.223 e. The van der Waals surface area contributed by atoms with Crippen LogP contribution in [0, 0.1) is 0 Å². The Hall–Kier alpha value is -0.660. The lowest BCUT2D eigenvalue weighted by molar-refractivity contribution is -0.133. The van der Waals surface area contributed by atoms with Gasteiger partial charge in [0.05, 0.1) is 5.75 Å². The van der Waals surface area contributed by atoms with Crippen LogP contribution in [0.2, 0.25) is 0 Å². The van der Waals surface area contributed by atoms with Crippen LogP contribution in [-0.2, 0) is 14.8 Å². The van der Waals surface area contributed by atoms with Gasteiger partial charge in [-0.2, -0.15) is 0 Å². The topological polar surface area (TPSA) is 60.9 Å². The lowest BCUT2D eigenvalue weighted by Gasteiger charge is -2.34. The van der Waals surface area contributed by atoms with E-state index < -0.39 is 10.0 Å². The third-order valence-corrected chi connectivity index (χ3v) is 6.16. The Morgan fingerprint density at radius 2 is 1.75 bits per heavy atom. The Balaban J connectivity index is 1.78. The second-order valence-corrected chi connectivity index (χ2v) is 7.58. The third-order valence-electron chi connectivity index (χ3n) is 4.20. The van der Waals surface area contributed by atoms with Gasteiger partial charge in [0.2, 0.25) is 15.9 Å². The Morgan fingerprint density at radius 3 is 2.35 bits per heavy atom. The number of rotatable bonds is 4. The molecule has 0 saturated carbocycles. The molecule has 0 spiro atoms. The highest BCUT2D eigenvalue weighted by atomic mass is 32.2. The predicted octanol–water partition coefficient (Wildman–Crippen LogP) is -0.0338. The number of piperazine rings is 1. The largest absolute Gasteiger partial charge is 0.340 e. The molecule has 2 saturated heterocycles. The van der Waals surface area contributed by atoms with Crippen molar-refractivity contribution in [3.8, 4) is 0 Å². The second kappa shape index (κ2) is 6.87. The first-order valence-corrected chi connectivity index (χ1v) is 9.12. The minimum atomic E-state index is -3.11. The van der Waals surface area contributed by atoms with Gasteiger partial charge in [-0.05, 0) is 19.4 Å². The van der Waals surface area contributed by atoms with E-state index in [9.17, 15) is 13.2 Å². The lowest BCUT2D eigenvalue weighted by Crippen LogP contribution is -2.49. The monoisotopic (exact) mass is 303 g/mol. The van der Waals surface area contributed by atoms with Crippen molar-refractivity contribution in [1.82, 2.24) is 14.1 Å². The third kappa shape index (κ3) is 3.93. The van der Waals surface area contributed by atoms with Gasteiger partial charge in [-0.1, -0.05) is 6.92 Å². The van der Waals surface area contributed by atoms with Gasteiger partial charge >= 0.3 is 0 Å². The number of likely N-dealkylation sites (N-methyl/N-ethyl adjacent to an activating group) is 1. The van der Waals surface area contributed by atoms with Crippen LogP contribution in [0.25, 0.3) is 0 Å². The van der Waals surface area contributed by atoms with E-state index in [1.165, 1.54) is 4.31 Å². The van der Waals surface area contributed by atoms with Crippen molar-refractivity contribution in [2.24, 2.45) is 0 Å². The van der Waals surface area contributed by atoms with Gasteiger partial charge in [0.25, 0.3) is 0 Å². The molecule has 0 N–H and O–H groups in total. The molecule has 0 radical (unpaired) electrons. The summed E-state index contributed by atoms with van der Waals surface area (Å²) < 4.78 is 25.2. The Bertz CT molecular complexity index is 430. The fourth-order valence-corrected chi connectivity index (χ4v) is 4.39. The molecule has 0 atom stereocenters. The fraction of sp³-hybridized carbons (Fsp3) is 0.923. The maximum absolute atomic E-state index is 12.1. The Labute approximate surface area is 121 Å². The minimum absolute atomic E-state index is 0.0847. The zero-order valence-corrected chi connectivity index (χ0v) is 13.1. The van der Waals surface area contributed by atoms with Crippen LogP contribution >= 0.6 is 0 Å². The summed E-state index contributed by atoms with van der Waals surface area (Å²) in [4.78, 5) is 16.3. The van der Waals surface area contributed by atoms with Crippen LogP contribution < -0.4 is 0 Å². The fourth-order valence-electron chi connectivity index (χ4n) is 2.78. The maximum Gasteiger partial charge on any atom is 0.223 e. The molecule has 0 aromatic carbocycles. The number of carbonyl (C=O) groups excluding carboxylic acids is 1. The maximum atomic E-state index is 12.1. The highest BCUT2D eigenvalue weighted by Crippen LogP contribution is 2.14. The lowest BCUT2D eigenvalue weighted by atomic mass is 10.2. The minimum Gasteiger partial charge on any atom is -0.340 e. The SMILES string of the molecule is CCN1CCN(C(=O)CCN2CCCCS2(=O)=O)CC1. The van der Waals surface area contributed by atoms with Crippen LogP contribution in [0.1, 0.15) is 26.2 Å². The summed E-state index contributed by atoms with van der Waals surface area (Å²) in [5.74, 6) is 0.317. The summed E-state index contributed by atoms with van der Waals surface area (Å²) in [6.07, 6.45) is 1.96. The Morgan fingerprint density at radius 1 is 1.05 bits per heavy atom. The molecule has 0 unspecified atom stereocenters. The van der Waals surface area contributed by atoms with Crippen molar-refractivity contribution in [1.29, 1.82) is 0 Å². The van der Waals surface area contributed by atoms with E-state index in [1.54, 1.807) is 0 Å². The average Bonchev–Trinajstić information content (AvgIpc) is 2.45. The molecule has 2 heterocycles. The van der Waals surface area contributed by atoms with Crippen molar-refractivity contribution < 1.29 is 13.2 Å². The predicted molar refractivity (Wildman–Crippen MR) is 77.9 cm³/mol. The van der Waals surface area contributed by atoms with Crippen LogP contribution in [-0.4, -0.2) is 80.0 Å². The first kappa shape index (κ1) is 15.7. The van der Waals surface area contributed by atoms with E-state index in [1.807, 2.05) is 4.90 Å². The van der Waals surface area contributed by atoms with Crippen molar-refractivity contribution in [2.45, 2.75) is 26.2 Å². The molecular weight excluding hydrogens is 278 g/mol. The summed E-state index contributed by atoms with van der Waals surface area (Å²) in [5.41, 5.74) is 0. The summed E-state index contributed by atoms with van der Waals surface area (Å²) in [6, 6.07) is 0. The highest BCUT2D eigenvalue weighted by Gasteiger charge is 2.27. The first-order chi connectivity index (χ1) is 9.53. The van der Waals surface area contributed by atoms with Crippen molar-refractivity contribution in [3.63, 3.8) is 0 Å². The summed E-state index contributed by atoms with van der Waals surface area (Å²) in [6.45, 7) is 7.43. The normalized spacial score (nSPS) is 24.8. The highest BCUT2D eigenvalue weighted by molar-refractivity contribution is 7.89. The van der Waals surface area contributed by atoms with Gasteiger partial charge in [-0.3, -0.25) is 4.79 Å². The molecule has 2 aliphatic heterocycles. The zero-order valence-electron chi connectivity index (χ0n) is 12.3. The molecule has 2 fully saturated rings. The molecule has 7 heteroatoms. The average molecular weight is 303 g/mol. The van der Waals surface area contributed by atoms with Gasteiger partial charge in [-0.15, -0.1) is 0 Å². The molecule has 2 aliphatic rings. The van der Waals surface area contributed by atoms with Crippen LogP contribution in [0.15, 0.2) is 0 Å². The molecule has 0 bridgehead atoms. The van der Waals surface area contributed by atoms with Gasteiger partial charge in [0.1, 0.15) is 0 Å². The quantitative estimate of drug-likeness (QED) is 0.731. The molecule has 20 heavy (non-hydrogen) atoms. The number of hydrogen-bond donors (Lipinski definition) is 0. The van der Waals surface area contributed by atoms with E-state index in [0.29, 0.717) is 19.5 Å². The van der Waals surface area contributed by atoms with Crippen molar-refractivity contribution >= 4 is 15.9 Å². The molecule has 0 aromatic heterocycles. The van der Waals surface area contributed by atoms with Crippen molar-refractivity contribution in [3.05, 3.63) is 0 Å². The number of hydrogen-bond acceptors (Lipinski definition) is 4. The molecular formula is C13H25N3O3S. The van der Waals surface area contributed by atoms with Crippen molar-refractivity contribution in [2.75, 3.05) is 51.6 Å². The molecule has 0 aliphatic carbocycles. The number of sulfonamides is 1.